The van der Waals surface area contributed by atoms with E-state index in [4.69, 9.17) is 34.8 Å². The van der Waals surface area contributed by atoms with Gasteiger partial charge in [0.15, 0.2) is 5.82 Å². The zero-order chi connectivity index (χ0) is 13.7. The summed E-state index contributed by atoms with van der Waals surface area (Å²) < 4.78 is 50.9. The van der Waals surface area contributed by atoms with Crippen LogP contribution in [-0.2, 0) is 6.18 Å². The molecule has 2 aromatic rings. The van der Waals surface area contributed by atoms with Gasteiger partial charge in [0.1, 0.15) is 5.69 Å². The second kappa shape index (κ2) is 4.40. The average Bonchev–Trinajstić information content (AvgIpc) is 2.23. The fraction of sp³-hybridized carbons (Fsp3) is 0.100. The van der Waals surface area contributed by atoms with Crippen LogP contribution in [0.2, 0.25) is 15.1 Å². The van der Waals surface area contributed by atoms with Crippen LogP contribution in [0.25, 0.3) is 10.9 Å². The minimum absolute atomic E-state index is 0.103. The lowest BCUT2D eigenvalue weighted by Gasteiger charge is -2.10. The number of aromatic nitrogens is 1. The number of fused-ring (bicyclic) bond motifs is 1. The van der Waals surface area contributed by atoms with Crippen LogP contribution in [0.5, 0.6) is 0 Å². The van der Waals surface area contributed by atoms with Crippen LogP contribution >= 0.6 is 34.8 Å². The summed E-state index contributed by atoms with van der Waals surface area (Å²) >= 11 is 16.8. The number of hydrogen-bond donors (Lipinski definition) is 0. The summed E-state index contributed by atoms with van der Waals surface area (Å²) in [5.41, 5.74) is -1.41. The summed E-state index contributed by atoms with van der Waals surface area (Å²) in [6.07, 6.45) is -4.66. The Kier molecular flexibility index (Phi) is 3.34. The van der Waals surface area contributed by atoms with Crippen LogP contribution in [0, 0.1) is 5.82 Å². The third-order valence-corrected chi connectivity index (χ3v) is 3.10. The van der Waals surface area contributed by atoms with Crippen molar-refractivity contribution in [3.8, 4) is 0 Å². The molecule has 0 aliphatic rings. The van der Waals surface area contributed by atoms with E-state index in [1.807, 2.05) is 0 Å². The smallest absolute Gasteiger partial charge is 0.243 e. The van der Waals surface area contributed by atoms with E-state index in [9.17, 15) is 17.6 Å². The fourth-order valence-corrected chi connectivity index (χ4v) is 2.29. The van der Waals surface area contributed by atoms with Gasteiger partial charge in [0.25, 0.3) is 0 Å². The van der Waals surface area contributed by atoms with E-state index in [1.165, 1.54) is 0 Å². The van der Waals surface area contributed by atoms with Gasteiger partial charge in [-0.25, -0.2) is 9.37 Å². The van der Waals surface area contributed by atoms with Crippen molar-refractivity contribution >= 4 is 45.7 Å². The van der Waals surface area contributed by atoms with Crippen LogP contribution in [0.1, 0.15) is 5.69 Å². The van der Waals surface area contributed by atoms with E-state index in [1.54, 1.807) is 0 Å². The maximum absolute atomic E-state index is 13.4. The van der Waals surface area contributed by atoms with E-state index in [0.717, 1.165) is 6.07 Å². The average molecular weight is 318 g/mol. The number of alkyl halides is 3. The van der Waals surface area contributed by atoms with Gasteiger partial charge in [0.2, 0.25) is 0 Å². The lowest BCUT2D eigenvalue weighted by atomic mass is 10.2. The molecule has 0 atom stereocenters. The highest BCUT2D eigenvalue weighted by atomic mass is 35.5. The van der Waals surface area contributed by atoms with Crippen LogP contribution in [0.4, 0.5) is 17.6 Å². The molecule has 0 bridgehead atoms. The molecule has 96 valence electrons. The standard InChI is InChI=1S/C10H2Cl3F4N/c11-3-2-6(10(15,16)17)18-5-1-4(12)9(14)8(13)7(3)5/h1-2H. The second-order valence-corrected chi connectivity index (χ2v) is 4.56. The van der Waals surface area contributed by atoms with Crippen molar-refractivity contribution in [1.29, 1.82) is 0 Å². The highest BCUT2D eigenvalue weighted by Gasteiger charge is 2.33. The van der Waals surface area contributed by atoms with E-state index >= 15 is 0 Å². The third-order valence-electron chi connectivity index (χ3n) is 2.18. The predicted octanol–water partition coefficient (Wildman–Crippen LogP) is 5.35. The van der Waals surface area contributed by atoms with Crippen LogP contribution in [0.3, 0.4) is 0 Å². The molecule has 0 radical (unpaired) electrons. The molecule has 1 aromatic heterocycles. The first-order chi connectivity index (χ1) is 8.21. The zero-order valence-electron chi connectivity index (χ0n) is 8.25. The summed E-state index contributed by atoms with van der Waals surface area (Å²) in [7, 11) is 0. The number of benzene rings is 1. The predicted molar refractivity (Wildman–Crippen MR) is 61.7 cm³/mol. The Balaban J connectivity index is 2.87. The Morgan fingerprint density at radius 2 is 1.61 bits per heavy atom. The zero-order valence-corrected chi connectivity index (χ0v) is 10.5. The molecule has 1 nitrogen and oxygen atoms in total. The van der Waals surface area contributed by atoms with Crippen molar-refractivity contribution in [3.05, 3.63) is 38.7 Å². The first-order valence-electron chi connectivity index (χ1n) is 4.42. The summed E-state index contributed by atoms with van der Waals surface area (Å²) in [5.74, 6) is -0.950. The quantitative estimate of drug-likeness (QED) is 0.471. The fourth-order valence-electron chi connectivity index (χ4n) is 1.40. The summed E-state index contributed by atoms with van der Waals surface area (Å²) in [6, 6.07) is 1.53. The topological polar surface area (TPSA) is 12.9 Å². The lowest BCUT2D eigenvalue weighted by molar-refractivity contribution is -0.140. The van der Waals surface area contributed by atoms with Crippen molar-refractivity contribution < 1.29 is 17.6 Å². The van der Waals surface area contributed by atoms with Gasteiger partial charge in [-0.15, -0.1) is 0 Å². The Labute approximate surface area is 113 Å². The van der Waals surface area contributed by atoms with Gasteiger partial charge in [-0.1, -0.05) is 34.8 Å². The molecule has 18 heavy (non-hydrogen) atoms. The minimum atomic E-state index is -4.66. The van der Waals surface area contributed by atoms with Crippen molar-refractivity contribution in [2.45, 2.75) is 6.18 Å². The first-order valence-corrected chi connectivity index (χ1v) is 5.56. The first kappa shape index (κ1) is 13.6. The Hall–Kier alpha value is -0.780. The molecule has 0 saturated heterocycles. The molecule has 0 spiro atoms. The minimum Gasteiger partial charge on any atom is -0.243 e. The number of rotatable bonds is 0. The molecule has 0 N–H and O–H groups in total. The molecule has 0 aliphatic carbocycles. The van der Waals surface area contributed by atoms with Crippen LogP contribution in [-0.4, -0.2) is 4.98 Å². The van der Waals surface area contributed by atoms with Gasteiger partial charge in [-0.2, -0.15) is 13.2 Å². The molecular formula is C10H2Cl3F4N. The number of nitrogens with zero attached hydrogens (tertiary/aromatic N) is 1. The van der Waals surface area contributed by atoms with E-state index in [-0.39, 0.29) is 15.9 Å². The molecule has 0 amide bonds. The Morgan fingerprint density at radius 3 is 2.17 bits per heavy atom. The maximum atomic E-state index is 13.4. The highest BCUT2D eigenvalue weighted by molar-refractivity contribution is 6.43. The molecule has 8 heteroatoms. The largest absolute Gasteiger partial charge is 0.433 e. The Bertz CT molecular complexity index is 639. The lowest BCUT2D eigenvalue weighted by Crippen LogP contribution is -2.08. The molecule has 1 aromatic carbocycles. The van der Waals surface area contributed by atoms with Gasteiger partial charge in [0, 0.05) is 5.39 Å². The summed E-state index contributed by atoms with van der Waals surface area (Å²) in [5, 5.41) is -1.32. The monoisotopic (exact) mass is 317 g/mol. The van der Waals surface area contributed by atoms with Crippen molar-refractivity contribution in [2.75, 3.05) is 0 Å². The van der Waals surface area contributed by atoms with Gasteiger partial charge in [-0.05, 0) is 12.1 Å². The van der Waals surface area contributed by atoms with E-state index < -0.39 is 27.7 Å². The van der Waals surface area contributed by atoms with Gasteiger partial charge >= 0.3 is 6.18 Å². The van der Waals surface area contributed by atoms with Gasteiger partial charge in [-0.3, -0.25) is 0 Å². The molecular weight excluding hydrogens is 316 g/mol. The summed E-state index contributed by atoms with van der Waals surface area (Å²) in [4.78, 5) is 3.33. The number of halogens is 7. The van der Waals surface area contributed by atoms with Gasteiger partial charge in [0.05, 0.1) is 20.6 Å². The SMILES string of the molecule is Fc1c(Cl)cc2nc(C(F)(F)F)cc(Cl)c2c1Cl. The molecule has 1 heterocycles. The summed E-state index contributed by atoms with van der Waals surface area (Å²) in [6.45, 7) is 0. The van der Waals surface area contributed by atoms with Crippen LogP contribution in [0.15, 0.2) is 12.1 Å². The van der Waals surface area contributed by atoms with E-state index in [2.05, 4.69) is 4.98 Å². The molecule has 2 rings (SSSR count). The van der Waals surface area contributed by atoms with Gasteiger partial charge < -0.3 is 0 Å². The van der Waals surface area contributed by atoms with Crippen molar-refractivity contribution in [2.24, 2.45) is 0 Å². The van der Waals surface area contributed by atoms with Crippen molar-refractivity contribution in [1.82, 2.24) is 4.98 Å². The second-order valence-electron chi connectivity index (χ2n) is 3.37. The van der Waals surface area contributed by atoms with E-state index in [0.29, 0.717) is 6.07 Å². The van der Waals surface area contributed by atoms with Crippen molar-refractivity contribution in [3.63, 3.8) is 0 Å². The molecule has 0 fully saturated rings. The third kappa shape index (κ3) is 2.22. The molecule has 0 unspecified atom stereocenters. The number of hydrogen-bond acceptors (Lipinski definition) is 1. The number of pyridine rings is 1. The molecule has 0 saturated carbocycles. The molecule has 0 aliphatic heterocycles. The Morgan fingerprint density at radius 1 is 1.00 bits per heavy atom. The highest BCUT2D eigenvalue weighted by Crippen LogP contribution is 2.38. The normalized spacial score (nSPS) is 12.2. The van der Waals surface area contributed by atoms with Crippen LogP contribution < -0.4 is 0 Å². The maximum Gasteiger partial charge on any atom is 0.433 e.